The van der Waals surface area contributed by atoms with Gasteiger partial charge in [0.1, 0.15) is 5.82 Å². The summed E-state index contributed by atoms with van der Waals surface area (Å²) in [5.41, 5.74) is 0.0288. The van der Waals surface area contributed by atoms with Gasteiger partial charge in [0.15, 0.2) is 0 Å². The summed E-state index contributed by atoms with van der Waals surface area (Å²) in [7, 11) is 0. The molecular weight excluding hydrogens is 235 g/mol. The number of rotatable bonds is 5. The topological polar surface area (TPSA) is 54.4 Å². The summed E-state index contributed by atoms with van der Waals surface area (Å²) in [4.78, 5) is 3.78. The fraction of sp³-hybridized carbons (Fsp3) is 0.615. The number of aliphatic hydroxyl groups excluding tert-OH is 1. The highest BCUT2D eigenvalue weighted by molar-refractivity contribution is 5.33. The van der Waals surface area contributed by atoms with E-state index < -0.39 is 5.95 Å². The Balaban J connectivity index is 1.96. The van der Waals surface area contributed by atoms with Crippen molar-refractivity contribution >= 4 is 5.82 Å². The SMILES string of the molecule is OCCC1(CNc2cccc(F)n2)CCOCC1. The first kappa shape index (κ1) is 13.2. The van der Waals surface area contributed by atoms with Crippen molar-refractivity contribution in [3.05, 3.63) is 24.1 Å². The lowest BCUT2D eigenvalue weighted by Crippen LogP contribution is -2.37. The van der Waals surface area contributed by atoms with Gasteiger partial charge in [-0.15, -0.1) is 0 Å². The Morgan fingerprint density at radius 1 is 1.39 bits per heavy atom. The zero-order valence-corrected chi connectivity index (χ0v) is 10.4. The summed E-state index contributed by atoms with van der Waals surface area (Å²) < 4.78 is 18.3. The highest BCUT2D eigenvalue weighted by Gasteiger charge is 2.31. The molecule has 0 spiro atoms. The molecule has 2 rings (SSSR count). The third-order valence-electron chi connectivity index (χ3n) is 3.56. The van der Waals surface area contributed by atoms with Crippen molar-refractivity contribution < 1.29 is 14.2 Å². The van der Waals surface area contributed by atoms with Crippen LogP contribution in [0.5, 0.6) is 0 Å². The van der Waals surface area contributed by atoms with E-state index >= 15 is 0 Å². The summed E-state index contributed by atoms with van der Waals surface area (Å²) in [5.74, 6) is 0.0574. The van der Waals surface area contributed by atoms with Gasteiger partial charge >= 0.3 is 0 Å². The fourth-order valence-electron chi connectivity index (χ4n) is 2.34. The average Bonchev–Trinajstić information content (AvgIpc) is 2.38. The summed E-state index contributed by atoms with van der Waals surface area (Å²) in [6.45, 7) is 2.29. The number of anilines is 1. The van der Waals surface area contributed by atoms with E-state index in [-0.39, 0.29) is 12.0 Å². The molecule has 5 heteroatoms. The Bertz CT molecular complexity index is 375. The lowest BCUT2D eigenvalue weighted by atomic mass is 9.77. The Hall–Kier alpha value is -1.20. The lowest BCUT2D eigenvalue weighted by molar-refractivity contribution is 0.00901. The first-order valence-corrected chi connectivity index (χ1v) is 6.29. The van der Waals surface area contributed by atoms with Crippen LogP contribution in [0.3, 0.4) is 0 Å². The predicted molar refractivity (Wildman–Crippen MR) is 66.9 cm³/mol. The molecule has 18 heavy (non-hydrogen) atoms. The number of pyridine rings is 1. The summed E-state index contributed by atoms with van der Waals surface area (Å²) >= 11 is 0. The van der Waals surface area contributed by atoms with E-state index in [0.717, 1.165) is 32.5 Å². The Kier molecular flexibility index (Phi) is 4.49. The summed E-state index contributed by atoms with van der Waals surface area (Å²) in [5, 5.41) is 12.3. The van der Waals surface area contributed by atoms with Gasteiger partial charge in [0.2, 0.25) is 5.95 Å². The van der Waals surface area contributed by atoms with E-state index in [1.807, 2.05) is 0 Å². The number of nitrogens with zero attached hydrogens (tertiary/aromatic N) is 1. The second kappa shape index (κ2) is 6.11. The molecule has 0 atom stereocenters. The molecule has 0 unspecified atom stereocenters. The summed E-state index contributed by atoms with van der Waals surface area (Å²) in [6.07, 6.45) is 2.56. The van der Waals surface area contributed by atoms with Crippen molar-refractivity contribution in [1.29, 1.82) is 0 Å². The van der Waals surface area contributed by atoms with Gasteiger partial charge in [-0.05, 0) is 36.8 Å². The molecule has 0 radical (unpaired) electrons. The number of nitrogens with one attached hydrogen (secondary N) is 1. The van der Waals surface area contributed by atoms with E-state index in [4.69, 9.17) is 4.74 Å². The van der Waals surface area contributed by atoms with Crippen LogP contribution in [-0.4, -0.2) is 36.5 Å². The largest absolute Gasteiger partial charge is 0.396 e. The molecule has 1 aromatic heterocycles. The second-order valence-electron chi connectivity index (χ2n) is 4.79. The molecule has 1 aliphatic rings. The molecule has 0 bridgehead atoms. The average molecular weight is 254 g/mol. The highest BCUT2D eigenvalue weighted by atomic mass is 19.1. The van der Waals surface area contributed by atoms with Gasteiger partial charge in [-0.25, -0.2) is 4.98 Å². The fourth-order valence-corrected chi connectivity index (χ4v) is 2.34. The monoisotopic (exact) mass is 254 g/mol. The zero-order chi connectivity index (χ0) is 12.8. The number of aliphatic hydroxyl groups is 1. The number of hydrogen-bond acceptors (Lipinski definition) is 4. The van der Waals surface area contributed by atoms with Gasteiger partial charge in [-0.3, -0.25) is 0 Å². The van der Waals surface area contributed by atoms with Crippen LogP contribution in [0.2, 0.25) is 0 Å². The lowest BCUT2D eigenvalue weighted by Gasteiger charge is -2.37. The molecule has 2 heterocycles. The molecule has 4 nitrogen and oxygen atoms in total. The molecule has 100 valence electrons. The number of halogens is 1. The minimum absolute atomic E-state index is 0.0288. The van der Waals surface area contributed by atoms with Crippen LogP contribution < -0.4 is 5.32 Å². The van der Waals surface area contributed by atoms with Crippen molar-refractivity contribution in [3.8, 4) is 0 Å². The van der Waals surface area contributed by atoms with Gasteiger partial charge in [0.25, 0.3) is 0 Å². The number of ether oxygens (including phenoxy) is 1. The van der Waals surface area contributed by atoms with Crippen LogP contribution in [0.15, 0.2) is 18.2 Å². The first-order valence-electron chi connectivity index (χ1n) is 6.29. The zero-order valence-electron chi connectivity index (χ0n) is 10.4. The Morgan fingerprint density at radius 2 is 2.17 bits per heavy atom. The van der Waals surface area contributed by atoms with Crippen LogP contribution in [0.1, 0.15) is 19.3 Å². The number of hydrogen-bond donors (Lipinski definition) is 2. The third kappa shape index (κ3) is 3.40. The van der Waals surface area contributed by atoms with Crippen molar-refractivity contribution in [2.24, 2.45) is 5.41 Å². The van der Waals surface area contributed by atoms with Gasteiger partial charge in [0, 0.05) is 26.4 Å². The molecule has 0 amide bonds. The molecule has 1 aromatic rings. The van der Waals surface area contributed by atoms with E-state index in [0.29, 0.717) is 12.4 Å². The molecule has 0 aromatic carbocycles. The smallest absolute Gasteiger partial charge is 0.214 e. The predicted octanol–water partition coefficient (Wildman–Crippen LogP) is 1.81. The van der Waals surface area contributed by atoms with E-state index in [1.54, 1.807) is 12.1 Å². The molecule has 1 saturated heterocycles. The van der Waals surface area contributed by atoms with E-state index in [9.17, 15) is 9.50 Å². The maximum absolute atomic E-state index is 13.0. The quantitative estimate of drug-likeness (QED) is 0.787. The van der Waals surface area contributed by atoms with E-state index in [2.05, 4.69) is 10.3 Å². The van der Waals surface area contributed by atoms with Crippen LogP contribution in [0.4, 0.5) is 10.2 Å². The van der Waals surface area contributed by atoms with Crippen molar-refractivity contribution in [2.45, 2.75) is 19.3 Å². The third-order valence-corrected chi connectivity index (χ3v) is 3.56. The van der Waals surface area contributed by atoms with Gasteiger partial charge in [-0.2, -0.15) is 4.39 Å². The maximum Gasteiger partial charge on any atom is 0.214 e. The van der Waals surface area contributed by atoms with E-state index in [1.165, 1.54) is 6.07 Å². The van der Waals surface area contributed by atoms with Crippen LogP contribution in [0.25, 0.3) is 0 Å². The maximum atomic E-state index is 13.0. The Labute approximate surface area is 106 Å². The van der Waals surface area contributed by atoms with Gasteiger partial charge < -0.3 is 15.2 Å². The van der Waals surface area contributed by atoms with Crippen LogP contribution >= 0.6 is 0 Å². The number of aromatic nitrogens is 1. The van der Waals surface area contributed by atoms with Crippen LogP contribution in [-0.2, 0) is 4.74 Å². The van der Waals surface area contributed by atoms with Crippen LogP contribution in [0, 0.1) is 11.4 Å². The van der Waals surface area contributed by atoms with Gasteiger partial charge in [-0.1, -0.05) is 6.07 Å². The van der Waals surface area contributed by atoms with Crippen molar-refractivity contribution in [2.75, 3.05) is 31.7 Å². The van der Waals surface area contributed by atoms with Crippen molar-refractivity contribution in [1.82, 2.24) is 4.98 Å². The normalized spacial score (nSPS) is 18.6. The molecule has 1 fully saturated rings. The molecule has 0 saturated carbocycles. The van der Waals surface area contributed by atoms with Crippen molar-refractivity contribution in [3.63, 3.8) is 0 Å². The minimum atomic E-state index is -0.483. The highest BCUT2D eigenvalue weighted by Crippen LogP contribution is 2.34. The van der Waals surface area contributed by atoms with Gasteiger partial charge in [0.05, 0.1) is 0 Å². The standard InChI is InChI=1S/C13H19FN2O2/c14-11-2-1-3-12(16-11)15-10-13(4-7-17)5-8-18-9-6-13/h1-3,17H,4-10H2,(H,15,16). The molecule has 0 aliphatic carbocycles. The molecular formula is C13H19FN2O2. The molecule has 2 N–H and O–H groups in total. The molecule has 1 aliphatic heterocycles. The summed E-state index contributed by atoms with van der Waals surface area (Å²) in [6, 6.07) is 4.70. The second-order valence-corrected chi connectivity index (χ2v) is 4.79. The first-order chi connectivity index (χ1) is 8.74. The Morgan fingerprint density at radius 3 is 2.83 bits per heavy atom. The minimum Gasteiger partial charge on any atom is -0.396 e.